The van der Waals surface area contributed by atoms with Crippen LogP contribution in [0, 0.1) is 0 Å². The molecule has 1 N–H and O–H groups in total. The van der Waals surface area contributed by atoms with Gasteiger partial charge in [-0.05, 0) is 48.6 Å². The number of fused-ring (bicyclic) bond motifs is 1. The molecule has 0 aliphatic rings. The molecule has 0 aliphatic heterocycles. The van der Waals surface area contributed by atoms with Gasteiger partial charge in [0.25, 0.3) is 0 Å². The van der Waals surface area contributed by atoms with Gasteiger partial charge in [0, 0.05) is 43.2 Å². The fraction of sp³-hybridized carbons (Fsp3) is 0.500. The van der Waals surface area contributed by atoms with Gasteiger partial charge in [-0.2, -0.15) is 0 Å². The number of nitrogens with one attached hydrogen (secondary N) is 1. The number of H-pyrrole nitrogens is 1. The lowest BCUT2D eigenvalue weighted by Crippen LogP contribution is -2.43. The zero-order valence-electron chi connectivity index (χ0n) is 24.1. The molecule has 7 heteroatoms. The number of para-hydroxylation sites is 1. The fourth-order valence-electron chi connectivity index (χ4n) is 4.95. The first kappa shape index (κ1) is 30.1. The lowest BCUT2D eigenvalue weighted by atomic mass is 10.1. The Labute approximate surface area is 233 Å². The SMILES string of the molecule is CCCCCCCC(=O)N(CCC)CC(=O)N(CCc1c[nH]c2ccccc12)Cc1ccc(OC)c(OC)c1. The minimum atomic E-state index is -0.0441. The van der Waals surface area contributed by atoms with E-state index < -0.39 is 0 Å². The molecule has 3 rings (SSSR count). The predicted octanol–water partition coefficient (Wildman–Crippen LogP) is 6.36. The molecular formula is C32H45N3O4. The number of carbonyl (C=O) groups excluding carboxylic acids is 2. The number of carbonyl (C=O) groups is 2. The van der Waals surface area contributed by atoms with Gasteiger partial charge in [0.05, 0.1) is 20.8 Å². The van der Waals surface area contributed by atoms with Gasteiger partial charge in [0.15, 0.2) is 11.5 Å². The third-order valence-electron chi connectivity index (χ3n) is 7.17. The van der Waals surface area contributed by atoms with Gasteiger partial charge in [0.1, 0.15) is 0 Å². The number of aromatic nitrogens is 1. The zero-order chi connectivity index (χ0) is 28.0. The van der Waals surface area contributed by atoms with Crippen molar-refractivity contribution in [3.05, 3.63) is 59.8 Å². The first-order valence-electron chi connectivity index (χ1n) is 14.3. The van der Waals surface area contributed by atoms with Gasteiger partial charge in [-0.25, -0.2) is 0 Å². The van der Waals surface area contributed by atoms with E-state index in [4.69, 9.17) is 9.47 Å². The summed E-state index contributed by atoms with van der Waals surface area (Å²) in [5.41, 5.74) is 3.21. The molecule has 0 saturated carbocycles. The van der Waals surface area contributed by atoms with E-state index in [1.54, 1.807) is 19.1 Å². The van der Waals surface area contributed by atoms with Crippen LogP contribution in [0.4, 0.5) is 0 Å². The van der Waals surface area contributed by atoms with E-state index in [9.17, 15) is 9.59 Å². The highest BCUT2D eigenvalue weighted by atomic mass is 16.5. The number of nitrogens with zero attached hydrogens (tertiary/aromatic N) is 2. The molecule has 0 fully saturated rings. The summed E-state index contributed by atoms with van der Waals surface area (Å²) in [5.74, 6) is 1.31. The Morgan fingerprint density at radius 1 is 0.821 bits per heavy atom. The van der Waals surface area contributed by atoms with Crippen LogP contribution in [0.1, 0.15) is 69.9 Å². The molecular weight excluding hydrogens is 490 g/mol. The van der Waals surface area contributed by atoms with Crippen molar-refractivity contribution in [2.75, 3.05) is 33.9 Å². The highest BCUT2D eigenvalue weighted by Crippen LogP contribution is 2.28. The molecule has 0 saturated heterocycles. The molecule has 2 aromatic carbocycles. The van der Waals surface area contributed by atoms with Gasteiger partial charge < -0.3 is 24.3 Å². The fourth-order valence-corrected chi connectivity index (χ4v) is 4.95. The number of amides is 2. The van der Waals surface area contributed by atoms with Crippen molar-refractivity contribution < 1.29 is 19.1 Å². The predicted molar refractivity (Wildman–Crippen MR) is 157 cm³/mol. The third-order valence-corrected chi connectivity index (χ3v) is 7.17. The molecule has 212 valence electrons. The second-order valence-corrected chi connectivity index (χ2v) is 10.1. The maximum atomic E-state index is 13.7. The zero-order valence-corrected chi connectivity index (χ0v) is 24.1. The second-order valence-electron chi connectivity index (χ2n) is 10.1. The van der Waals surface area contributed by atoms with Gasteiger partial charge in [-0.15, -0.1) is 0 Å². The Morgan fingerprint density at radius 3 is 2.33 bits per heavy atom. The molecule has 39 heavy (non-hydrogen) atoms. The third kappa shape index (κ3) is 8.77. The first-order valence-corrected chi connectivity index (χ1v) is 14.3. The summed E-state index contributed by atoms with van der Waals surface area (Å²) in [5, 5.41) is 1.17. The summed E-state index contributed by atoms with van der Waals surface area (Å²) in [6.45, 7) is 5.89. The summed E-state index contributed by atoms with van der Waals surface area (Å²) in [4.78, 5) is 33.7. The summed E-state index contributed by atoms with van der Waals surface area (Å²) < 4.78 is 10.9. The highest BCUT2D eigenvalue weighted by Gasteiger charge is 2.22. The van der Waals surface area contributed by atoms with Crippen LogP contribution in [-0.4, -0.2) is 60.5 Å². The van der Waals surface area contributed by atoms with Gasteiger partial charge in [-0.3, -0.25) is 9.59 Å². The van der Waals surface area contributed by atoms with E-state index in [1.807, 2.05) is 48.4 Å². The van der Waals surface area contributed by atoms with Crippen molar-refractivity contribution in [3.63, 3.8) is 0 Å². The largest absolute Gasteiger partial charge is 0.493 e. The smallest absolute Gasteiger partial charge is 0.242 e. The number of methoxy groups -OCH3 is 2. The molecule has 7 nitrogen and oxygen atoms in total. The summed E-state index contributed by atoms with van der Waals surface area (Å²) in [6.07, 6.45) is 9.53. The Hall–Kier alpha value is -3.48. The van der Waals surface area contributed by atoms with Crippen LogP contribution in [0.5, 0.6) is 11.5 Å². The van der Waals surface area contributed by atoms with E-state index in [0.717, 1.165) is 36.8 Å². The highest BCUT2D eigenvalue weighted by molar-refractivity contribution is 5.85. The maximum absolute atomic E-state index is 13.7. The van der Waals surface area contributed by atoms with Crippen molar-refractivity contribution in [3.8, 4) is 11.5 Å². The number of unbranched alkanes of at least 4 members (excludes halogenated alkanes) is 4. The molecule has 0 unspecified atom stereocenters. The van der Waals surface area contributed by atoms with Crippen molar-refractivity contribution in [1.82, 2.24) is 14.8 Å². The number of aromatic amines is 1. The summed E-state index contributed by atoms with van der Waals surface area (Å²) in [7, 11) is 3.22. The van der Waals surface area contributed by atoms with Gasteiger partial charge in [-0.1, -0.05) is 63.8 Å². The van der Waals surface area contributed by atoms with E-state index in [-0.39, 0.29) is 18.4 Å². The Bertz CT molecular complexity index is 1190. The topological polar surface area (TPSA) is 74.9 Å². The number of hydrogen-bond acceptors (Lipinski definition) is 4. The van der Waals surface area contributed by atoms with Crippen LogP contribution in [-0.2, 0) is 22.6 Å². The Balaban J connectivity index is 1.75. The van der Waals surface area contributed by atoms with E-state index >= 15 is 0 Å². The van der Waals surface area contributed by atoms with Crippen LogP contribution < -0.4 is 9.47 Å². The van der Waals surface area contributed by atoms with Crippen molar-refractivity contribution >= 4 is 22.7 Å². The number of ether oxygens (including phenoxy) is 2. The molecule has 3 aromatic rings. The maximum Gasteiger partial charge on any atom is 0.242 e. The average molecular weight is 536 g/mol. The number of hydrogen-bond donors (Lipinski definition) is 1. The molecule has 0 bridgehead atoms. The Kier molecular flexibility index (Phi) is 12.2. The van der Waals surface area contributed by atoms with Crippen LogP contribution >= 0.6 is 0 Å². The lowest BCUT2D eigenvalue weighted by molar-refractivity contribution is -0.141. The second kappa shape index (κ2) is 15.8. The number of benzene rings is 2. The van der Waals surface area contributed by atoms with Crippen LogP contribution in [0.15, 0.2) is 48.7 Å². The normalized spacial score (nSPS) is 11.0. The van der Waals surface area contributed by atoms with E-state index in [0.29, 0.717) is 44.0 Å². The summed E-state index contributed by atoms with van der Waals surface area (Å²) in [6, 6.07) is 13.9. The Morgan fingerprint density at radius 2 is 1.59 bits per heavy atom. The minimum Gasteiger partial charge on any atom is -0.493 e. The van der Waals surface area contributed by atoms with Crippen LogP contribution in [0.3, 0.4) is 0 Å². The quantitative estimate of drug-likeness (QED) is 0.204. The van der Waals surface area contributed by atoms with Crippen molar-refractivity contribution in [1.29, 1.82) is 0 Å². The molecule has 0 aliphatic carbocycles. The molecule has 0 radical (unpaired) electrons. The van der Waals surface area contributed by atoms with E-state index in [2.05, 4.69) is 24.0 Å². The van der Waals surface area contributed by atoms with Crippen molar-refractivity contribution in [2.45, 2.75) is 71.8 Å². The molecule has 2 amide bonds. The first-order chi connectivity index (χ1) is 19.0. The molecule has 0 spiro atoms. The minimum absolute atomic E-state index is 0.0441. The van der Waals surface area contributed by atoms with Crippen molar-refractivity contribution in [2.24, 2.45) is 0 Å². The van der Waals surface area contributed by atoms with Gasteiger partial charge in [0.2, 0.25) is 11.8 Å². The monoisotopic (exact) mass is 535 g/mol. The molecule has 1 heterocycles. The average Bonchev–Trinajstić information content (AvgIpc) is 3.37. The number of rotatable bonds is 17. The van der Waals surface area contributed by atoms with Gasteiger partial charge >= 0.3 is 0 Å². The molecule has 1 aromatic heterocycles. The van der Waals surface area contributed by atoms with Crippen LogP contribution in [0.25, 0.3) is 10.9 Å². The van der Waals surface area contributed by atoms with Crippen LogP contribution in [0.2, 0.25) is 0 Å². The lowest BCUT2D eigenvalue weighted by Gasteiger charge is -2.28. The molecule has 0 atom stereocenters. The van der Waals surface area contributed by atoms with E-state index in [1.165, 1.54) is 23.8 Å². The summed E-state index contributed by atoms with van der Waals surface area (Å²) >= 11 is 0. The standard InChI is InChI=1S/C32H45N3O4/c1-5-7-8-9-10-15-31(36)34(19-6-2)24-32(37)35(23-25-16-17-29(38-3)30(21-25)39-4)20-18-26-22-33-28-14-12-11-13-27(26)28/h11-14,16-17,21-22,33H,5-10,15,18-20,23-24H2,1-4H3.